The maximum Gasteiger partial charge on any atom is 0.501 e. The lowest BCUT2D eigenvalue weighted by molar-refractivity contribution is -0.705. The number of sulfone groups is 1. The van der Waals surface area contributed by atoms with Crippen LogP contribution in [0.4, 0.5) is 13.2 Å². The van der Waals surface area contributed by atoms with Gasteiger partial charge < -0.3 is 4.55 Å². The van der Waals surface area contributed by atoms with Crippen molar-refractivity contribution in [3.8, 4) is 0 Å². The Balaban J connectivity index is 2.53. The molecule has 1 aromatic heterocycles. The van der Waals surface area contributed by atoms with Crippen molar-refractivity contribution in [3.63, 3.8) is 0 Å². The SMILES string of the molecule is CCC(C(C)C(C)S(=O)(=O)[O-])[n+]1c[nH]c2cc(S(=O)(=O)C(F)(F)F)ccc21. The molecule has 0 bridgehead atoms. The highest BCUT2D eigenvalue weighted by Crippen LogP contribution is 2.32. The van der Waals surface area contributed by atoms with Crippen molar-refractivity contribution in [2.24, 2.45) is 5.92 Å². The van der Waals surface area contributed by atoms with Crippen molar-refractivity contribution in [3.05, 3.63) is 24.5 Å². The van der Waals surface area contributed by atoms with E-state index in [2.05, 4.69) is 4.98 Å². The summed E-state index contributed by atoms with van der Waals surface area (Å²) < 4.78 is 96.9. The molecule has 0 saturated carbocycles. The fraction of sp³-hybridized carbons (Fsp3) is 0.533. The average molecular weight is 428 g/mol. The summed E-state index contributed by atoms with van der Waals surface area (Å²) in [5, 5.41) is -1.18. The van der Waals surface area contributed by atoms with E-state index in [0.29, 0.717) is 11.9 Å². The van der Waals surface area contributed by atoms with Crippen LogP contribution >= 0.6 is 0 Å². The molecule has 0 spiro atoms. The molecule has 0 aliphatic carbocycles. The molecule has 1 N–H and O–H groups in total. The van der Waals surface area contributed by atoms with E-state index in [-0.39, 0.29) is 5.52 Å². The molecule has 0 amide bonds. The van der Waals surface area contributed by atoms with Crippen molar-refractivity contribution in [1.29, 1.82) is 0 Å². The number of nitrogens with zero attached hydrogens (tertiary/aromatic N) is 1. The minimum absolute atomic E-state index is 0.142. The number of imidazole rings is 1. The van der Waals surface area contributed by atoms with Crippen LogP contribution in [0.3, 0.4) is 0 Å². The van der Waals surface area contributed by atoms with Crippen LogP contribution in [0.2, 0.25) is 0 Å². The number of fused-ring (bicyclic) bond motifs is 1. The van der Waals surface area contributed by atoms with Crippen molar-refractivity contribution in [2.45, 2.75) is 48.9 Å². The quantitative estimate of drug-likeness (QED) is 0.560. The first-order chi connectivity index (χ1) is 12.2. The molecule has 3 unspecified atom stereocenters. The molecule has 2 rings (SSSR count). The molecule has 27 heavy (non-hydrogen) atoms. The van der Waals surface area contributed by atoms with E-state index in [0.717, 1.165) is 12.1 Å². The van der Waals surface area contributed by atoms with Crippen molar-refractivity contribution in [1.82, 2.24) is 4.98 Å². The number of nitrogens with one attached hydrogen (secondary N) is 1. The predicted octanol–water partition coefficient (Wildman–Crippen LogP) is 2.27. The minimum Gasteiger partial charge on any atom is -0.748 e. The molecule has 12 heteroatoms. The minimum atomic E-state index is -5.48. The van der Waals surface area contributed by atoms with Crippen molar-refractivity contribution >= 4 is 31.0 Å². The lowest BCUT2D eigenvalue weighted by Gasteiger charge is -2.27. The van der Waals surface area contributed by atoms with E-state index in [9.17, 15) is 34.6 Å². The molecule has 0 saturated heterocycles. The topological polar surface area (TPSA) is 111 Å². The number of hydrogen-bond acceptors (Lipinski definition) is 5. The van der Waals surface area contributed by atoms with E-state index in [1.54, 1.807) is 18.4 Å². The molecular formula is C15H19F3N2O5S2. The van der Waals surface area contributed by atoms with Crippen LogP contribution in [0.5, 0.6) is 0 Å². The van der Waals surface area contributed by atoms with Crippen LogP contribution in [0.15, 0.2) is 29.4 Å². The molecule has 0 aliphatic heterocycles. The fourth-order valence-electron chi connectivity index (χ4n) is 3.04. The van der Waals surface area contributed by atoms with Gasteiger partial charge in [-0.25, -0.2) is 26.4 Å². The summed E-state index contributed by atoms with van der Waals surface area (Å²) >= 11 is 0. The van der Waals surface area contributed by atoms with Gasteiger partial charge in [0.15, 0.2) is 11.0 Å². The van der Waals surface area contributed by atoms with Crippen LogP contribution in [0, 0.1) is 5.92 Å². The van der Waals surface area contributed by atoms with Gasteiger partial charge in [-0.3, -0.25) is 0 Å². The number of benzene rings is 1. The van der Waals surface area contributed by atoms with E-state index < -0.39 is 47.6 Å². The average Bonchev–Trinajstić information content (AvgIpc) is 2.96. The normalized spacial score (nSPS) is 17.0. The molecule has 0 aliphatic rings. The van der Waals surface area contributed by atoms with Crippen molar-refractivity contribution < 1.29 is 39.1 Å². The van der Waals surface area contributed by atoms with Gasteiger partial charge in [-0.15, -0.1) is 0 Å². The number of halogens is 3. The summed E-state index contributed by atoms with van der Waals surface area (Å²) in [6.45, 7) is 4.68. The Bertz CT molecular complexity index is 1050. The first-order valence-corrected chi connectivity index (χ1v) is 11.0. The smallest absolute Gasteiger partial charge is 0.501 e. The van der Waals surface area contributed by atoms with Crippen LogP contribution < -0.4 is 4.57 Å². The van der Waals surface area contributed by atoms with Gasteiger partial charge >= 0.3 is 5.51 Å². The Morgan fingerprint density at radius 2 is 1.78 bits per heavy atom. The second-order valence-corrected chi connectivity index (χ2v) is 10.0. The van der Waals surface area contributed by atoms with Crippen LogP contribution in [-0.2, 0) is 20.0 Å². The van der Waals surface area contributed by atoms with Crippen LogP contribution in [0.1, 0.15) is 33.2 Å². The molecule has 0 radical (unpaired) electrons. The third-order valence-electron chi connectivity index (χ3n) is 4.80. The summed E-state index contributed by atoms with van der Waals surface area (Å²) in [6, 6.07) is 2.50. The lowest BCUT2D eigenvalue weighted by Crippen LogP contribution is -2.45. The zero-order chi connectivity index (χ0) is 20.8. The second-order valence-electron chi connectivity index (χ2n) is 6.34. The highest BCUT2D eigenvalue weighted by Gasteiger charge is 2.47. The Morgan fingerprint density at radius 1 is 1.19 bits per heavy atom. The third-order valence-corrected chi connectivity index (χ3v) is 7.62. The maximum atomic E-state index is 12.7. The third kappa shape index (κ3) is 3.97. The van der Waals surface area contributed by atoms with Gasteiger partial charge in [0.2, 0.25) is 6.33 Å². The summed E-state index contributed by atoms with van der Waals surface area (Å²) in [4.78, 5) is 1.81. The van der Waals surface area contributed by atoms with Gasteiger partial charge in [0, 0.05) is 12.0 Å². The highest BCUT2D eigenvalue weighted by atomic mass is 32.2. The molecule has 152 valence electrons. The van der Waals surface area contributed by atoms with Gasteiger partial charge in [0.1, 0.15) is 6.04 Å². The number of alkyl halides is 3. The zero-order valence-corrected chi connectivity index (χ0v) is 16.3. The van der Waals surface area contributed by atoms with Gasteiger partial charge in [0.05, 0.1) is 20.3 Å². The summed E-state index contributed by atoms with van der Waals surface area (Å²) in [5.74, 6) is -0.583. The summed E-state index contributed by atoms with van der Waals surface area (Å²) in [7, 11) is -10.0. The van der Waals surface area contributed by atoms with E-state index >= 15 is 0 Å². The molecule has 1 aromatic carbocycles. The largest absolute Gasteiger partial charge is 0.748 e. The van der Waals surface area contributed by atoms with Gasteiger partial charge in [-0.2, -0.15) is 13.2 Å². The summed E-state index contributed by atoms with van der Waals surface area (Å²) in [6.07, 6.45) is 1.87. The fourth-order valence-corrected chi connectivity index (χ4v) is 4.53. The van der Waals surface area contributed by atoms with E-state index in [1.807, 2.05) is 0 Å². The Morgan fingerprint density at radius 3 is 2.26 bits per heavy atom. The number of H-pyrrole nitrogens is 1. The molecule has 3 atom stereocenters. The number of hydrogen-bond donors (Lipinski definition) is 1. The first kappa shape index (κ1) is 21.6. The van der Waals surface area contributed by atoms with Gasteiger partial charge in [0.25, 0.3) is 9.84 Å². The van der Waals surface area contributed by atoms with Gasteiger partial charge in [-0.1, -0.05) is 13.8 Å². The highest BCUT2D eigenvalue weighted by molar-refractivity contribution is 7.92. The monoisotopic (exact) mass is 428 g/mol. The second kappa shape index (κ2) is 7.06. The molecule has 0 fully saturated rings. The lowest BCUT2D eigenvalue weighted by atomic mass is 9.96. The standard InChI is InChI=1S/C15H19F3N2O5S2/c1-4-13(9(2)10(3)27(23,24)25)20-8-19-12-7-11(5-6-14(12)20)26(21,22)15(16,17)18/h5-10,13H,4H2,1-3H3,(H,23,24,25). The first-order valence-electron chi connectivity index (χ1n) is 8.00. The molecular weight excluding hydrogens is 409 g/mol. The summed E-state index contributed by atoms with van der Waals surface area (Å²) in [5.41, 5.74) is -4.88. The van der Waals surface area contributed by atoms with E-state index in [4.69, 9.17) is 0 Å². The zero-order valence-electron chi connectivity index (χ0n) is 14.7. The predicted molar refractivity (Wildman–Crippen MR) is 89.4 cm³/mol. The Hall–Kier alpha value is -1.66. The Kier molecular flexibility index (Phi) is 5.66. The number of aromatic amines is 1. The number of rotatable bonds is 6. The van der Waals surface area contributed by atoms with E-state index in [1.165, 1.54) is 19.3 Å². The molecule has 7 nitrogen and oxygen atoms in total. The molecule has 1 heterocycles. The van der Waals surface area contributed by atoms with Crippen molar-refractivity contribution in [2.75, 3.05) is 0 Å². The Labute approximate surface area is 154 Å². The van der Waals surface area contributed by atoms with Crippen LogP contribution in [0.25, 0.3) is 11.0 Å². The number of aromatic nitrogens is 2. The molecule has 2 aromatic rings. The van der Waals surface area contributed by atoms with Crippen LogP contribution in [-0.4, -0.2) is 37.1 Å². The van der Waals surface area contributed by atoms with Gasteiger partial charge in [-0.05, 0) is 25.5 Å². The maximum absolute atomic E-state index is 12.7.